The van der Waals surface area contributed by atoms with Crippen LogP contribution in [0.2, 0.25) is 0 Å². The number of anilines is 3. The maximum atomic E-state index is 5.38. The third-order valence-electron chi connectivity index (χ3n) is 9.75. The van der Waals surface area contributed by atoms with Crippen LogP contribution in [-0.4, -0.2) is 9.97 Å². The first-order chi connectivity index (χ1) is 24.3. The van der Waals surface area contributed by atoms with Gasteiger partial charge in [0, 0.05) is 27.8 Å². The normalized spacial score (nSPS) is 12.0. The van der Waals surface area contributed by atoms with Gasteiger partial charge in [-0.1, -0.05) is 140 Å². The summed E-state index contributed by atoms with van der Waals surface area (Å²) in [5.41, 5.74) is 13.9. The lowest BCUT2D eigenvalue weighted by Gasteiger charge is -2.34. The molecular weight excluding hydrogens is 595 g/mol. The largest absolute Gasteiger partial charge is 0.309 e. The Kier molecular flexibility index (Phi) is 6.18. The highest BCUT2D eigenvalue weighted by Crippen LogP contribution is 2.52. The Hall–Kier alpha value is -6.58. The van der Waals surface area contributed by atoms with Gasteiger partial charge in [-0.3, -0.25) is 0 Å². The molecule has 0 N–H and O–H groups in total. The first-order valence-electron chi connectivity index (χ1n) is 16.7. The molecule has 0 spiro atoms. The molecule has 9 aromatic rings. The summed E-state index contributed by atoms with van der Waals surface area (Å²) >= 11 is 0. The van der Waals surface area contributed by atoms with E-state index in [2.05, 4.69) is 163 Å². The molecule has 1 aliphatic heterocycles. The standard InChI is InChI=1S/C46H29N3/c1-2-12-30(13-3-1)31-24-26-33(27-25-31)45-46(48-41-21-8-7-20-40(41)47-45)39-29-35(28-34-14-4-5-17-36(34)39)49-42-22-9-6-18-37(42)38-19-10-15-32-16-11-23-43(49)44(32)38/h1-29H. The molecule has 0 unspecified atom stereocenters. The van der Waals surface area contributed by atoms with Crippen molar-refractivity contribution < 1.29 is 0 Å². The van der Waals surface area contributed by atoms with Gasteiger partial charge in [-0.25, -0.2) is 9.97 Å². The molecule has 0 radical (unpaired) electrons. The maximum Gasteiger partial charge on any atom is 0.0980 e. The lowest BCUT2D eigenvalue weighted by molar-refractivity contribution is 1.28. The quantitative estimate of drug-likeness (QED) is 0.195. The van der Waals surface area contributed by atoms with Crippen LogP contribution in [0.4, 0.5) is 17.1 Å². The van der Waals surface area contributed by atoms with Crippen molar-refractivity contribution in [2.45, 2.75) is 0 Å². The third-order valence-corrected chi connectivity index (χ3v) is 9.75. The first-order valence-corrected chi connectivity index (χ1v) is 16.7. The van der Waals surface area contributed by atoms with Crippen LogP contribution < -0.4 is 4.90 Å². The van der Waals surface area contributed by atoms with E-state index >= 15 is 0 Å². The van der Waals surface area contributed by atoms with Crippen molar-refractivity contribution in [1.82, 2.24) is 9.97 Å². The number of aromatic nitrogens is 2. The molecule has 0 saturated heterocycles. The Bertz CT molecular complexity index is 2710. The Labute approximate surface area is 284 Å². The number of para-hydroxylation sites is 3. The zero-order valence-corrected chi connectivity index (χ0v) is 26.6. The minimum Gasteiger partial charge on any atom is -0.309 e. The molecule has 0 atom stereocenters. The average molecular weight is 624 g/mol. The summed E-state index contributed by atoms with van der Waals surface area (Å²) in [6.07, 6.45) is 0. The molecule has 0 bridgehead atoms. The van der Waals surface area contributed by atoms with Gasteiger partial charge in [0.15, 0.2) is 0 Å². The molecule has 2 heterocycles. The fourth-order valence-corrected chi connectivity index (χ4v) is 7.50. The van der Waals surface area contributed by atoms with Crippen LogP contribution in [-0.2, 0) is 0 Å². The summed E-state index contributed by atoms with van der Waals surface area (Å²) in [6, 6.07) is 62.6. The van der Waals surface area contributed by atoms with Gasteiger partial charge in [0.05, 0.1) is 33.8 Å². The summed E-state index contributed by atoms with van der Waals surface area (Å²) in [4.78, 5) is 13.1. The number of rotatable bonds is 4. The van der Waals surface area contributed by atoms with Crippen molar-refractivity contribution in [3.63, 3.8) is 0 Å². The summed E-state index contributed by atoms with van der Waals surface area (Å²) in [5.74, 6) is 0. The Morgan fingerprint density at radius 1 is 0.367 bits per heavy atom. The number of nitrogens with zero attached hydrogens (tertiary/aromatic N) is 3. The summed E-state index contributed by atoms with van der Waals surface area (Å²) in [6.45, 7) is 0. The molecule has 228 valence electrons. The van der Waals surface area contributed by atoms with Crippen LogP contribution in [0.1, 0.15) is 0 Å². The monoisotopic (exact) mass is 623 g/mol. The highest BCUT2D eigenvalue weighted by atomic mass is 15.2. The van der Waals surface area contributed by atoms with Crippen molar-refractivity contribution in [2.24, 2.45) is 0 Å². The van der Waals surface area contributed by atoms with Crippen molar-refractivity contribution in [3.05, 3.63) is 176 Å². The predicted octanol–water partition coefficient (Wildman–Crippen LogP) is 12.4. The van der Waals surface area contributed by atoms with Gasteiger partial charge < -0.3 is 4.90 Å². The van der Waals surface area contributed by atoms with Crippen molar-refractivity contribution in [1.29, 1.82) is 0 Å². The fourth-order valence-electron chi connectivity index (χ4n) is 7.50. The Morgan fingerprint density at radius 2 is 0.959 bits per heavy atom. The molecular formula is C46H29N3. The second-order valence-corrected chi connectivity index (χ2v) is 12.6. The topological polar surface area (TPSA) is 29.0 Å². The SMILES string of the molecule is c1ccc(-c2ccc(-c3nc4ccccc4nc3-c3cc(N4c5ccccc5-c5cccc6cccc4c56)cc4ccccc34)cc2)cc1. The van der Waals surface area contributed by atoms with E-state index in [0.717, 1.165) is 55.7 Å². The molecule has 3 nitrogen and oxygen atoms in total. The highest BCUT2D eigenvalue weighted by Gasteiger charge is 2.27. The lowest BCUT2D eigenvalue weighted by atomic mass is 9.90. The fraction of sp³-hybridized carbons (Fsp3) is 0. The average Bonchev–Trinajstić information content (AvgIpc) is 3.18. The minimum absolute atomic E-state index is 0.868. The number of fused-ring (bicyclic) bond motifs is 4. The molecule has 1 aliphatic rings. The first kappa shape index (κ1) is 27.5. The summed E-state index contributed by atoms with van der Waals surface area (Å²) in [7, 11) is 0. The Balaban J connectivity index is 1.24. The minimum atomic E-state index is 0.868. The van der Waals surface area contributed by atoms with Gasteiger partial charge in [-0.15, -0.1) is 0 Å². The smallest absolute Gasteiger partial charge is 0.0980 e. The van der Waals surface area contributed by atoms with Gasteiger partial charge in [0.2, 0.25) is 0 Å². The van der Waals surface area contributed by atoms with E-state index < -0.39 is 0 Å². The maximum absolute atomic E-state index is 5.38. The molecule has 0 aliphatic carbocycles. The lowest BCUT2D eigenvalue weighted by Crippen LogP contribution is -2.15. The zero-order chi connectivity index (χ0) is 32.3. The van der Waals surface area contributed by atoms with Crippen LogP contribution >= 0.6 is 0 Å². The van der Waals surface area contributed by atoms with E-state index in [1.807, 2.05) is 18.2 Å². The van der Waals surface area contributed by atoms with Crippen LogP contribution in [0.5, 0.6) is 0 Å². The van der Waals surface area contributed by atoms with Crippen LogP contribution in [0.15, 0.2) is 176 Å². The zero-order valence-electron chi connectivity index (χ0n) is 26.6. The van der Waals surface area contributed by atoms with Gasteiger partial charge in [-0.2, -0.15) is 0 Å². The van der Waals surface area contributed by atoms with E-state index in [-0.39, 0.29) is 0 Å². The Morgan fingerprint density at radius 3 is 1.80 bits per heavy atom. The number of hydrogen-bond acceptors (Lipinski definition) is 3. The second kappa shape index (κ2) is 11.0. The molecule has 10 rings (SSSR count). The molecule has 3 heteroatoms. The van der Waals surface area contributed by atoms with E-state index in [0.29, 0.717) is 0 Å². The van der Waals surface area contributed by atoms with E-state index in [4.69, 9.17) is 9.97 Å². The van der Waals surface area contributed by atoms with Gasteiger partial charge in [-0.05, 0) is 69.2 Å². The molecule has 8 aromatic carbocycles. The third kappa shape index (κ3) is 4.44. The molecule has 0 fully saturated rings. The van der Waals surface area contributed by atoms with Crippen LogP contribution in [0, 0.1) is 0 Å². The number of benzene rings is 8. The second-order valence-electron chi connectivity index (χ2n) is 12.6. The van der Waals surface area contributed by atoms with Gasteiger partial charge in [0.1, 0.15) is 0 Å². The predicted molar refractivity (Wildman–Crippen MR) is 205 cm³/mol. The van der Waals surface area contributed by atoms with E-state index in [1.165, 1.54) is 38.7 Å². The van der Waals surface area contributed by atoms with E-state index in [9.17, 15) is 0 Å². The van der Waals surface area contributed by atoms with Crippen molar-refractivity contribution >= 4 is 49.6 Å². The van der Waals surface area contributed by atoms with Crippen molar-refractivity contribution in [2.75, 3.05) is 4.90 Å². The van der Waals surface area contributed by atoms with Crippen LogP contribution in [0.3, 0.4) is 0 Å². The number of hydrogen-bond donors (Lipinski definition) is 0. The molecule has 0 saturated carbocycles. The van der Waals surface area contributed by atoms with E-state index in [1.54, 1.807) is 0 Å². The highest BCUT2D eigenvalue weighted by molar-refractivity contribution is 6.14. The molecule has 49 heavy (non-hydrogen) atoms. The van der Waals surface area contributed by atoms with Crippen molar-refractivity contribution in [3.8, 4) is 44.8 Å². The summed E-state index contributed by atoms with van der Waals surface area (Å²) < 4.78 is 0. The van der Waals surface area contributed by atoms with Gasteiger partial charge in [0.25, 0.3) is 0 Å². The van der Waals surface area contributed by atoms with Crippen LogP contribution in [0.25, 0.3) is 77.3 Å². The van der Waals surface area contributed by atoms with Gasteiger partial charge >= 0.3 is 0 Å². The summed E-state index contributed by atoms with van der Waals surface area (Å²) in [5, 5.41) is 4.79. The molecule has 1 aromatic heterocycles. The molecule has 0 amide bonds.